The molecule has 1 heterocycles. The molecule has 0 atom stereocenters. The van der Waals surface area contributed by atoms with Gasteiger partial charge in [-0.1, -0.05) is 13.8 Å². The van der Waals surface area contributed by atoms with Crippen LogP contribution < -0.4 is 0 Å². The first-order valence-corrected chi connectivity index (χ1v) is 4.06. The van der Waals surface area contributed by atoms with E-state index in [-0.39, 0.29) is 11.8 Å². The third-order valence-electron chi connectivity index (χ3n) is 1.74. The Morgan fingerprint density at radius 2 is 2.00 bits per heavy atom. The monoisotopic (exact) mass is 167 g/mol. The Balaban J connectivity index is 2.70. The van der Waals surface area contributed by atoms with Gasteiger partial charge in [-0.25, -0.2) is 0 Å². The van der Waals surface area contributed by atoms with Gasteiger partial charge >= 0.3 is 0 Å². The van der Waals surface area contributed by atoms with E-state index in [1.807, 2.05) is 13.8 Å². The van der Waals surface area contributed by atoms with Crippen LogP contribution in [0.3, 0.4) is 0 Å². The van der Waals surface area contributed by atoms with Gasteiger partial charge < -0.3 is 0 Å². The van der Waals surface area contributed by atoms with Crippen LogP contribution in [0.1, 0.15) is 20.8 Å². The van der Waals surface area contributed by atoms with Gasteiger partial charge in [0.15, 0.2) is 0 Å². The second-order valence-electron chi connectivity index (χ2n) is 3.48. The van der Waals surface area contributed by atoms with Gasteiger partial charge in [0.05, 0.1) is 0 Å². The molecule has 3 heteroatoms. The number of imide groups is 1. The summed E-state index contributed by atoms with van der Waals surface area (Å²) >= 11 is 0. The third-order valence-corrected chi connectivity index (χ3v) is 1.74. The molecule has 0 radical (unpaired) electrons. The standard InChI is InChI=1S/C9H13NO2/c1-6(2)5-10-8(11)4-7(3)9(10)12/h4,6H,5H2,1-3H3. The Hall–Kier alpha value is -1.12. The highest BCUT2D eigenvalue weighted by Gasteiger charge is 2.28. The molecule has 0 aliphatic carbocycles. The molecule has 0 fully saturated rings. The van der Waals surface area contributed by atoms with Crippen molar-refractivity contribution >= 4 is 11.8 Å². The van der Waals surface area contributed by atoms with Gasteiger partial charge in [0.1, 0.15) is 0 Å². The van der Waals surface area contributed by atoms with Crippen LogP contribution in [0.2, 0.25) is 0 Å². The molecule has 12 heavy (non-hydrogen) atoms. The van der Waals surface area contributed by atoms with Crippen LogP contribution in [0.5, 0.6) is 0 Å². The summed E-state index contributed by atoms with van der Waals surface area (Å²) in [5.74, 6) is 0.0112. The third kappa shape index (κ3) is 1.55. The summed E-state index contributed by atoms with van der Waals surface area (Å²) in [6.07, 6.45) is 1.39. The van der Waals surface area contributed by atoms with E-state index in [9.17, 15) is 9.59 Å². The molecular weight excluding hydrogens is 154 g/mol. The molecule has 0 spiro atoms. The van der Waals surface area contributed by atoms with Crippen molar-refractivity contribution in [2.75, 3.05) is 6.54 Å². The first-order chi connectivity index (χ1) is 5.52. The lowest BCUT2D eigenvalue weighted by atomic mass is 10.2. The quantitative estimate of drug-likeness (QED) is 0.574. The van der Waals surface area contributed by atoms with Gasteiger partial charge in [-0.3, -0.25) is 14.5 Å². The molecule has 0 aromatic heterocycles. The van der Waals surface area contributed by atoms with Crippen LogP contribution in [-0.2, 0) is 9.59 Å². The molecule has 0 N–H and O–H groups in total. The minimum Gasteiger partial charge on any atom is -0.275 e. The minimum atomic E-state index is -0.175. The van der Waals surface area contributed by atoms with Crippen molar-refractivity contribution in [3.8, 4) is 0 Å². The van der Waals surface area contributed by atoms with Gasteiger partial charge in [-0.05, 0) is 12.8 Å². The van der Waals surface area contributed by atoms with E-state index in [1.165, 1.54) is 11.0 Å². The van der Waals surface area contributed by atoms with Gasteiger partial charge in [0.25, 0.3) is 11.8 Å². The smallest absolute Gasteiger partial charge is 0.256 e. The first-order valence-electron chi connectivity index (χ1n) is 4.06. The highest BCUT2D eigenvalue weighted by atomic mass is 16.2. The van der Waals surface area contributed by atoms with Crippen molar-refractivity contribution < 1.29 is 9.59 Å². The minimum absolute atomic E-state index is 0.145. The number of nitrogens with zero attached hydrogens (tertiary/aromatic N) is 1. The molecule has 2 amide bonds. The Morgan fingerprint density at radius 3 is 2.33 bits per heavy atom. The normalized spacial score (nSPS) is 17.7. The molecule has 1 rings (SSSR count). The van der Waals surface area contributed by atoms with Crippen molar-refractivity contribution in [2.45, 2.75) is 20.8 Å². The van der Waals surface area contributed by atoms with E-state index in [2.05, 4.69) is 0 Å². The van der Waals surface area contributed by atoms with Crippen LogP contribution in [0.4, 0.5) is 0 Å². The summed E-state index contributed by atoms with van der Waals surface area (Å²) in [7, 11) is 0. The average Bonchev–Trinajstić information content (AvgIpc) is 2.16. The summed E-state index contributed by atoms with van der Waals surface area (Å²) < 4.78 is 0. The summed E-state index contributed by atoms with van der Waals surface area (Å²) in [5.41, 5.74) is 0.542. The Morgan fingerprint density at radius 1 is 1.42 bits per heavy atom. The maximum atomic E-state index is 11.3. The van der Waals surface area contributed by atoms with Crippen LogP contribution in [0.25, 0.3) is 0 Å². The highest BCUT2D eigenvalue weighted by molar-refractivity contribution is 6.15. The number of amides is 2. The van der Waals surface area contributed by atoms with Crippen LogP contribution in [0, 0.1) is 5.92 Å². The summed E-state index contributed by atoms with van der Waals surface area (Å²) in [6.45, 7) is 6.15. The molecule has 0 saturated carbocycles. The van der Waals surface area contributed by atoms with Crippen LogP contribution in [0.15, 0.2) is 11.6 Å². The van der Waals surface area contributed by atoms with E-state index in [0.717, 1.165) is 0 Å². The lowest BCUT2D eigenvalue weighted by Crippen LogP contribution is -2.34. The number of carbonyl (C=O) groups excluding carboxylic acids is 2. The van der Waals surface area contributed by atoms with Gasteiger partial charge in [-0.15, -0.1) is 0 Å². The fraction of sp³-hybridized carbons (Fsp3) is 0.556. The molecule has 66 valence electrons. The summed E-state index contributed by atoms with van der Waals surface area (Å²) in [5, 5.41) is 0. The molecule has 0 bridgehead atoms. The second kappa shape index (κ2) is 3.09. The van der Waals surface area contributed by atoms with E-state index < -0.39 is 0 Å². The molecule has 0 aromatic rings. The van der Waals surface area contributed by atoms with Crippen LogP contribution in [-0.4, -0.2) is 23.3 Å². The van der Waals surface area contributed by atoms with E-state index in [4.69, 9.17) is 0 Å². The lowest BCUT2D eigenvalue weighted by Gasteiger charge is -2.16. The zero-order valence-corrected chi connectivity index (χ0v) is 7.63. The predicted molar refractivity (Wildman–Crippen MR) is 45.3 cm³/mol. The molecule has 0 saturated heterocycles. The fourth-order valence-electron chi connectivity index (χ4n) is 1.18. The number of carbonyl (C=O) groups is 2. The molecule has 3 nitrogen and oxygen atoms in total. The molecule has 1 aliphatic rings. The van der Waals surface area contributed by atoms with Crippen molar-refractivity contribution in [3.63, 3.8) is 0 Å². The first kappa shape index (κ1) is 8.97. The maximum absolute atomic E-state index is 11.3. The van der Waals surface area contributed by atoms with Gasteiger partial charge in [0.2, 0.25) is 0 Å². The SMILES string of the molecule is CC1=CC(=O)N(CC(C)C)C1=O. The molecule has 0 aromatic carbocycles. The Kier molecular flexibility index (Phi) is 2.31. The summed E-state index contributed by atoms with van der Waals surface area (Å²) in [6, 6.07) is 0. The van der Waals surface area contributed by atoms with E-state index in [0.29, 0.717) is 18.0 Å². The Labute approximate surface area is 72.0 Å². The number of hydrogen-bond acceptors (Lipinski definition) is 2. The fourth-order valence-corrected chi connectivity index (χ4v) is 1.18. The predicted octanol–water partition coefficient (Wildman–Crippen LogP) is 0.958. The molecule has 0 unspecified atom stereocenters. The molecular formula is C9H13NO2. The maximum Gasteiger partial charge on any atom is 0.256 e. The van der Waals surface area contributed by atoms with E-state index in [1.54, 1.807) is 6.92 Å². The zero-order valence-electron chi connectivity index (χ0n) is 7.63. The van der Waals surface area contributed by atoms with Crippen molar-refractivity contribution in [1.82, 2.24) is 4.90 Å². The largest absolute Gasteiger partial charge is 0.275 e. The highest BCUT2D eigenvalue weighted by Crippen LogP contribution is 2.13. The number of rotatable bonds is 2. The van der Waals surface area contributed by atoms with E-state index >= 15 is 0 Å². The number of hydrogen-bond donors (Lipinski definition) is 0. The Bertz CT molecular complexity index is 253. The van der Waals surface area contributed by atoms with Crippen molar-refractivity contribution in [1.29, 1.82) is 0 Å². The topological polar surface area (TPSA) is 37.4 Å². The van der Waals surface area contributed by atoms with Gasteiger partial charge in [0, 0.05) is 18.2 Å². The second-order valence-corrected chi connectivity index (χ2v) is 3.48. The zero-order chi connectivity index (χ0) is 9.30. The van der Waals surface area contributed by atoms with Crippen molar-refractivity contribution in [3.05, 3.63) is 11.6 Å². The van der Waals surface area contributed by atoms with Crippen LogP contribution >= 0.6 is 0 Å². The average molecular weight is 167 g/mol. The van der Waals surface area contributed by atoms with Crippen molar-refractivity contribution in [2.24, 2.45) is 5.92 Å². The lowest BCUT2D eigenvalue weighted by molar-refractivity contribution is -0.137. The van der Waals surface area contributed by atoms with Gasteiger partial charge in [-0.2, -0.15) is 0 Å². The molecule has 1 aliphatic heterocycles. The summed E-state index contributed by atoms with van der Waals surface area (Å²) in [4.78, 5) is 23.7.